The van der Waals surface area contributed by atoms with Crippen LogP contribution in [0.3, 0.4) is 0 Å². The molecular formula is C61H80N2O12S3Si. The molecule has 0 aromatic heterocycles. The fraction of sp³-hybridized carbons (Fsp3) is 0.459. The Kier molecular flexibility index (Phi) is 23.2. The number of hydrogen-bond donors (Lipinski definition) is 4. The Morgan fingerprint density at radius 1 is 0.468 bits per heavy atom. The summed E-state index contributed by atoms with van der Waals surface area (Å²) in [5.41, 5.74) is 7.37. The Balaban J connectivity index is 0.000000208. The van der Waals surface area contributed by atoms with E-state index in [0.29, 0.717) is 57.8 Å². The topological polar surface area (TPSA) is 227 Å². The van der Waals surface area contributed by atoms with Gasteiger partial charge in [0.2, 0.25) is 11.8 Å². The molecule has 18 heteroatoms. The zero-order valence-corrected chi connectivity index (χ0v) is 49.3. The number of amides is 2. The third kappa shape index (κ3) is 17.3. The summed E-state index contributed by atoms with van der Waals surface area (Å²) in [7, 11) is -13.2. The third-order valence-electron chi connectivity index (χ3n) is 15.9. The molecule has 5 aromatic rings. The lowest BCUT2D eigenvalue weighted by atomic mass is 9.88. The van der Waals surface area contributed by atoms with E-state index >= 15 is 0 Å². The van der Waals surface area contributed by atoms with E-state index in [1.165, 1.54) is 0 Å². The van der Waals surface area contributed by atoms with Crippen molar-refractivity contribution in [3.05, 3.63) is 168 Å². The molecule has 0 saturated heterocycles. The summed E-state index contributed by atoms with van der Waals surface area (Å²) >= 11 is 0. The fourth-order valence-electron chi connectivity index (χ4n) is 11.6. The van der Waals surface area contributed by atoms with Crippen molar-refractivity contribution < 1.29 is 54.5 Å². The zero-order valence-electron chi connectivity index (χ0n) is 45.8. The Hall–Kier alpha value is -5.50. The van der Waals surface area contributed by atoms with Gasteiger partial charge in [-0.25, -0.2) is 36.2 Å². The lowest BCUT2D eigenvalue weighted by molar-refractivity contribution is -0.142. The van der Waals surface area contributed by atoms with Crippen LogP contribution < -0.4 is 21.3 Å². The molecule has 0 heterocycles. The van der Waals surface area contributed by atoms with Gasteiger partial charge in [-0.2, -0.15) is 0 Å². The Morgan fingerprint density at radius 3 is 1.08 bits per heavy atom. The van der Waals surface area contributed by atoms with Gasteiger partial charge in [-0.05, 0) is 89.9 Å². The van der Waals surface area contributed by atoms with Crippen molar-refractivity contribution in [1.82, 2.24) is 11.0 Å². The number of sulfone groups is 3. The van der Waals surface area contributed by atoms with Gasteiger partial charge in [0.15, 0.2) is 29.5 Å². The highest BCUT2D eigenvalue weighted by Crippen LogP contribution is 2.38. The monoisotopic (exact) mass is 1160 g/mol. The molecule has 79 heavy (non-hydrogen) atoms. The van der Waals surface area contributed by atoms with Crippen molar-refractivity contribution in [2.75, 3.05) is 17.3 Å². The molecule has 4 N–H and O–H groups in total. The number of nitrogens with one attached hydrogen (secondary N) is 2. The number of hydroxylamine groups is 2. The van der Waals surface area contributed by atoms with Gasteiger partial charge in [0.25, 0.3) is 8.32 Å². The highest BCUT2D eigenvalue weighted by Gasteiger charge is 2.52. The van der Waals surface area contributed by atoms with Crippen LogP contribution in [0.2, 0.25) is 5.04 Å². The van der Waals surface area contributed by atoms with Crippen LogP contribution in [0.5, 0.6) is 0 Å². The number of carboxylic acids is 1. The molecule has 0 bridgehead atoms. The van der Waals surface area contributed by atoms with Gasteiger partial charge in [-0.3, -0.25) is 19.6 Å². The SMILES string of the molecule is CC(C)(C)[Si](ONC(=O)[C@@H]1CCCC[C@H]1S(=O)(=O)CCc1ccccc1)(c1ccccc1)c1ccccc1.O=C(NO)[C@@H]1CCCC[C@H]1S(=O)(=O)CCc1ccccc1.O=C(O)[C@@H]1CCCC[C@H]1S(=O)(=O)CCc1ccccc1. The number of rotatable bonds is 19. The molecule has 0 aliphatic heterocycles. The van der Waals surface area contributed by atoms with E-state index in [0.717, 1.165) is 65.6 Å². The average molecular weight is 1160 g/mol. The first-order chi connectivity index (χ1) is 37.7. The van der Waals surface area contributed by atoms with Gasteiger partial charge < -0.3 is 9.63 Å². The van der Waals surface area contributed by atoms with Gasteiger partial charge in [0.05, 0.1) is 50.8 Å². The number of benzene rings is 5. The molecule has 3 fully saturated rings. The minimum atomic E-state index is -3.47. The molecule has 5 aromatic carbocycles. The summed E-state index contributed by atoms with van der Waals surface area (Å²) in [6.45, 7) is 6.43. The van der Waals surface area contributed by atoms with Crippen LogP contribution in [-0.4, -0.2) is 94.7 Å². The first kappa shape index (κ1) is 62.7. The average Bonchev–Trinajstić information content (AvgIpc) is 3.48. The van der Waals surface area contributed by atoms with Gasteiger partial charge in [-0.15, -0.1) is 0 Å². The maximum Gasteiger partial charge on any atom is 0.307 e. The summed E-state index contributed by atoms with van der Waals surface area (Å²) in [5.74, 6) is -3.76. The number of hydrogen-bond acceptors (Lipinski definition) is 11. The van der Waals surface area contributed by atoms with Crippen molar-refractivity contribution in [3.63, 3.8) is 0 Å². The van der Waals surface area contributed by atoms with Crippen LogP contribution in [0.4, 0.5) is 0 Å². The first-order valence-electron chi connectivity index (χ1n) is 27.7. The standard InChI is InChI=1S/C31H39NO4SSi.C15H21NO4S.C15H20O4S/c1-31(2,3)38(26-17-9-5-10-18-26,27-19-11-6-12-20-27)36-32-30(33)28-21-13-14-22-29(28)37(34,35)24-23-25-15-7-4-8-16-25;17-15(16-18)13-8-4-5-9-14(13)21(19,20)11-10-12-6-2-1-3-7-12;16-15(17)13-8-4-5-9-14(13)20(18,19)11-10-12-6-2-1-3-7-12/h4-12,15-20,28-29H,13-14,21-24H2,1-3H3,(H,32,33);1-3,6-7,13-14,18H,4-5,8-11H2,(H,16,17);1-3,6-7,13-14H,4-5,8-11H2,(H,16,17)/t28-,29-;2*13-,14-/m111/s1. The van der Waals surface area contributed by atoms with Crippen LogP contribution in [0.25, 0.3) is 0 Å². The maximum absolute atomic E-state index is 13.7. The molecule has 3 aliphatic carbocycles. The van der Waals surface area contributed by atoms with Gasteiger partial charge in [-0.1, -0.05) is 211 Å². The summed E-state index contributed by atoms with van der Waals surface area (Å²) in [6.07, 6.45) is 9.27. The Labute approximate surface area is 470 Å². The molecule has 3 aliphatic rings. The van der Waals surface area contributed by atoms with E-state index in [1.54, 1.807) is 5.48 Å². The molecule has 0 spiro atoms. The van der Waals surface area contributed by atoms with E-state index in [-0.39, 0.29) is 28.2 Å². The van der Waals surface area contributed by atoms with Crippen LogP contribution >= 0.6 is 0 Å². The molecule has 428 valence electrons. The molecule has 14 nitrogen and oxygen atoms in total. The van der Waals surface area contributed by atoms with Crippen LogP contribution in [0.15, 0.2) is 152 Å². The number of carbonyl (C=O) groups is 3. The maximum atomic E-state index is 13.7. The smallest absolute Gasteiger partial charge is 0.307 e. The lowest BCUT2D eigenvalue weighted by Crippen LogP contribution is -2.69. The molecule has 0 unspecified atom stereocenters. The minimum absolute atomic E-state index is 0.0332. The fourth-order valence-corrected chi connectivity index (χ4v) is 22.1. The minimum Gasteiger partial charge on any atom is -0.481 e. The van der Waals surface area contributed by atoms with E-state index in [1.807, 2.05) is 127 Å². The molecule has 8 rings (SSSR count). The van der Waals surface area contributed by atoms with E-state index in [2.05, 4.69) is 50.5 Å². The number of carbonyl (C=O) groups excluding carboxylic acids is 2. The highest BCUT2D eigenvalue weighted by atomic mass is 32.2. The number of carboxylic acid groups (broad SMARTS) is 1. The van der Waals surface area contributed by atoms with Crippen LogP contribution in [0.1, 0.15) is 115 Å². The third-order valence-corrected chi connectivity index (χ3v) is 27.5. The quantitative estimate of drug-likeness (QED) is 0.0346. The largest absolute Gasteiger partial charge is 0.481 e. The van der Waals surface area contributed by atoms with E-state index in [9.17, 15) is 44.7 Å². The van der Waals surface area contributed by atoms with Crippen molar-refractivity contribution in [1.29, 1.82) is 0 Å². The predicted molar refractivity (Wildman–Crippen MR) is 313 cm³/mol. The second-order valence-electron chi connectivity index (χ2n) is 22.1. The summed E-state index contributed by atoms with van der Waals surface area (Å²) in [6, 6.07) is 48.7. The molecule has 6 atom stereocenters. The Morgan fingerprint density at radius 2 is 0.759 bits per heavy atom. The lowest BCUT2D eigenvalue weighted by Gasteiger charge is -2.42. The van der Waals surface area contributed by atoms with Crippen molar-refractivity contribution >= 4 is 66.0 Å². The summed E-state index contributed by atoms with van der Waals surface area (Å²) < 4.78 is 83.4. The molecule has 0 radical (unpaired) electrons. The zero-order chi connectivity index (χ0) is 57.1. The van der Waals surface area contributed by atoms with E-state index in [4.69, 9.17) is 9.73 Å². The normalized spacial score (nSPS) is 20.9. The van der Waals surface area contributed by atoms with Gasteiger partial charge >= 0.3 is 5.97 Å². The van der Waals surface area contributed by atoms with Gasteiger partial charge in [0, 0.05) is 0 Å². The molecule has 2 amide bonds. The van der Waals surface area contributed by atoms with Crippen molar-refractivity contribution in [3.8, 4) is 0 Å². The summed E-state index contributed by atoms with van der Waals surface area (Å²) in [4.78, 5) is 36.6. The predicted octanol–water partition coefficient (Wildman–Crippen LogP) is 8.81. The second kappa shape index (κ2) is 29.3. The first-order valence-corrected chi connectivity index (χ1v) is 34.8. The molecular weight excluding hydrogens is 1080 g/mol. The highest BCUT2D eigenvalue weighted by molar-refractivity contribution is 7.92. The molecule has 3 saturated carbocycles. The van der Waals surface area contributed by atoms with Crippen LogP contribution in [0, 0.1) is 17.8 Å². The summed E-state index contributed by atoms with van der Waals surface area (Å²) in [5, 5.41) is 17.7. The van der Waals surface area contributed by atoms with Crippen molar-refractivity contribution in [2.24, 2.45) is 17.8 Å². The van der Waals surface area contributed by atoms with Gasteiger partial charge in [0.1, 0.15) is 0 Å². The van der Waals surface area contributed by atoms with E-state index < -0.39 is 83.2 Å². The Bertz CT molecular complexity index is 3000. The van der Waals surface area contributed by atoms with Crippen molar-refractivity contribution in [2.45, 2.75) is 138 Å². The second-order valence-corrected chi connectivity index (χ2v) is 33.4. The number of aryl methyl sites for hydroxylation is 3. The van der Waals surface area contributed by atoms with Crippen LogP contribution in [-0.2, 0) is 67.7 Å². The number of aliphatic carboxylic acids is 1.